The lowest BCUT2D eigenvalue weighted by molar-refractivity contribution is -0.143. The van der Waals surface area contributed by atoms with Gasteiger partial charge >= 0.3 is 12.1 Å². The molecule has 0 aromatic heterocycles. The zero-order valence-electron chi connectivity index (χ0n) is 9.95. The maximum absolute atomic E-state index is 11.1. The number of esters is 1. The molecule has 0 aromatic carbocycles. The van der Waals surface area contributed by atoms with Crippen molar-refractivity contribution >= 4 is 12.1 Å². The van der Waals surface area contributed by atoms with Crippen molar-refractivity contribution < 1.29 is 23.8 Å². The monoisotopic (exact) mass is 233 g/mol. The third-order valence-corrected chi connectivity index (χ3v) is 1.48. The Bertz CT molecular complexity index is 217. The van der Waals surface area contributed by atoms with Crippen molar-refractivity contribution in [1.29, 1.82) is 0 Å². The van der Waals surface area contributed by atoms with Gasteiger partial charge in [0.15, 0.2) is 0 Å². The van der Waals surface area contributed by atoms with Crippen molar-refractivity contribution in [3.05, 3.63) is 0 Å². The predicted molar refractivity (Wildman–Crippen MR) is 57.0 cm³/mol. The van der Waals surface area contributed by atoms with Crippen LogP contribution in [-0.4, -0.2) is 45.5 Å². The van der Waals surface area contributed by atoms with E-state index in [1.807, 2.05) is 13.8 Å². The highest BCUT2D eigenvalue weighted by atomic mass is 16.6. The van der Waals surface area contributed by atoms with Crippen LogP contribution in [0.3, 0.4) is 0 Å². The number of amides is 1. The fourth-order valence-corrected chi connectivity index (χ4v) is 0.724. The van der Waals surface area contributed by atoms with Crippen molar-refractivity contribution in [3.63, 3.8) is 0 Å². The fraction of sp³-hybridized carbons (Fsp3) is 0.800. The molecule has 0 radical (unpaired) electrons. The van der Waals surface area contributed by atoms with Crippen LogP contribution in [0.2, 0.25) is 0 Å². The third-order valence-electron chi connectivity index (χ3n) is 1.48. The van der Waals surface area contributed by atoms with Crippen LogP contribution in [0, 0.1) is 5.92 Å². The second-order valence-corrected chi connectivity index (χ2v) is 3.56. The van der Waals surface area contributed by atoms with Gasteiger partial charge in [0.2, 0.25) is 0 Å². The first-order valence-corrected chi connectivity index (χ1v) is 5.11. The lowest BCUT2D eigenvalue weighted by Crippen LogP contribution is -2.32. The Morgan fingerprint density at radius 2 is 1.88 bits per heavy atom. The second kappa shape index (κ2) is 8.96. The Morgan fingerprint density at radius 1 is 1.19 bits per heavy atom. The van der Waals surface area contributed by atoms with Crippen LogP contribution >= 0.6 is 0 Å². The Kier molecular flexibility index (Phi) is 8.24. The molecule has 0 aromatic rings. The summed E-state index contributed by atoms with van der Waals surface area (Å²) in [6.45, 7) is 4.51. The van der Waals surface area contributed by atoms with Crippen LogP contribution in [0.1, 0.15) is 13.8 Å². The maximum atomic E-state index is 11.1. The summed E-state index contributed by atoms with van der Waals surface area (Å²) in [5, 5.41) is 2.27. The molecular weight excluding hydrogens is 214 g/mol. The lowest BCUT2D eigenvalue weighted by atomic mass is 10.2. The number of hydrogen-bond acceptors (Lipinski definition) is 5. The Labute approximate surface area is 95.2 Å². The average Bonchev–Trinajstić information content (AvgIpc) is 2.24. The summed E-state index contributed by atoms with van der Waals surface area (Å²) >= 11 is 0. The Morgan fingerprint density at radius 3 is 2.44 bits per heavy atom. The van der Waals surface area contributed by atoms with Crippen molar-refractivity contribution in [2.75, 3.05) is 33.5 Å². The first-order chi connectivity index (χ1) is 7.56. The highest BCUT2D eigenvalue weighted by molar-refractivity contribution is 5.77. The topological polar surface area (TPSA) is 73.9 Å². The lowest BCUT2D eigenvalue weighted by Gasteiger charge is -2.08. The number of rotatable bonds is 7. The molecule has 0 spiro atoms. The molecule has 6 nitrogen and oxygen atoms in total. The van der Waals surface area contributed by atoms with Crippen LogP contribution < -0.4 is 5.32 Å². The molecule has 0 aliphatic heterocycles. The van der Waals surface area contributed by atoms with Crippen LogP contribution in [-0.2, 0) is 19.0 Å². The van der Waals surface area contributed by atoms with Crippen molar-refractivity contribution in [1.82, 2.24) is 5.32 Å². The summed E-state index contributed by atoms with van der Waals surface area (Å²) in [6.07, 6.45) is -0.654. The zero-order valence-corrected chi connectivity index (χ0v) is 9.95. The Balaban J connectivity index is 3.47. The number of carbonyl (C=O) groups excluding carboxylic acids is 2. The molecule has 0 unspecified atom stereocenters. The number of methoxy groups -OCH3 is 1. The molecule has 0 fully saturated rings. The molecule has 0 atom stereocenters. The van der Waals surface area contributed by atoms with E-state index in [-0.39, 0.29) is 19.1 Å². The number of ether oxygens (including phenoxy) is 3. The zero-order chi connectivity index (χ0) is 12.4. The minimum Gasteiger partial charge on any atom is -0.464 e. The van der Waals surface area contributed by atoms with E-state index in [1.165, 1.54) is 7.11 Å². The largest absolute Gasteiger partial charge is 0.464 e. The highest BCUT2D eigenvalue weighted by Crippen LogP contribution is 1.92. The van der Waals surface area contributed by atoms with Gasteiger partial charge in [-0.05, 0) is 5.92 Å². The quantitative estimate of drug-likeness (QED) is 0.513. The van der Waals surface area contributed by atoms with E-state index in [1.54, 1.807) is 0 Å². The van der Waals surface area contributed by atoms with Gasteiger partial charge in [-0.1, -0.05) is 13.8 Å². The number of hydrogen-bond donors (Lipinski definition) is 1. The van der Waals surface area contributed by atoms with Gasteiger partial charge in [-0.2, -0.15) is 0 Å². The van der Waals surface area contributed by atoms with E-state index in [2.05, 4.69) is 14.8 Å². The number of carbonyl (C=O) groups is 2. The van der Waals surface area contributed by atoms with Crippen molar-refractivity contribution in [3.8, 4) is 0 Å². The molecular formula is C10H19NO5. The molecule has 0 aliphatic rings. The average molecular weight is 233 g/mol. The van der Waals surface area contributed by atoms with E-state index >= 15 is 0 Å². The molecule has 0 saturated heterocycles. The normalized spacial score (nSPS) is 10.0. The van der Waals surface area contributed by atoms with Crippen LogP contribution in [0.4, 0.5) is 4.79 Å². The van der Waals surface area contributed by atoms with E-state index in [4.69, 9.17) is 4.74 Å². The predicted octanol–water partition coefficient (Wildman–Crippen LogP) is 0.558. The van der Waals surface area contributed by atoms with Gasteiger partial charge in [-0.15, -0.1) is 0 Å². The molecule has 1 N–H and O–H groups in total. The summed E-state index contributed by atoms with van der Waals surface area (Å²) in [6, 6.07) is 0. The van der Waals surface area contributed by atoms with Gasteiger partial charge in [0.05, 0.1) is 13.2 Å². The van der Waals surface area contributed by atoms with Gasteiger partial charge in [-0.25, -0.2) is 4.79 Å². The van der Waals surface area contributed by atoms with Crippen molar-refractivity contribution in [2.45, 2.75) is 13.8 Å². The molecule has 0 aliphatic carbocycles. The number of nitrogens with one attached hydrogen (secondary N) is 1. The molecule has 0 bridgehead atoms. The summed E-state index contributed by atoms with van der Waals surface area (Å²) in [5.41, 5.74) is 0. The fourth-order valence-electron chi connectivity index (χ4n) is 0.724. The summed E-state index contributed by atoms with van der Waals surface area (Å²) in [7, 11) is 1.50. The first kappa shape index (κ1) is 14.7. The molecule has 6 heteroatoms. The standard InChI is InChI=1S/C10H19NO5/c1-8(2)7-16-9(12)6-11-10(13)15-5-4-14-3/h8H,4-7H2,1-3H3,(H,11,13). The van der Waals surface area contributed by atoms with E-state index in [9.17, 15) is 9.59 Å². The van der Waals surface area contributed by atoms with Gasteiger partial charge in [-0.3, -0.25) is 4.79 Å². The van der Waals surface area contributed by atoms with Crippen molar-refractivity contribution in [2.24, 2.45) is 5.92 Å². The highest BCUT2D eigenvalue weighted by Gasteiger charge is 2.07. The van der Waals surface area contributed by atoms with Gasteiger partial charge in [0.25, 0.3) is 0 Å². The molecule has 16 heavy (non-hydrogen) atoms. The third kappa shape index (κ3) is 9.26. The molecule has 1 amide bonds. The SMILES string of the molecule is COCCOC(=O)NCC(=O)OCC(C)C. The minimum atomic E-state index is -0.654. The Hall–Kier alpha value is -1.30. The van der Waals surface area contributed by atoms with E-state index in [0.29, 0.717) is 13.2 Å². The maximum Gasteiger partial charge on any atom is 0.407 e. The minimum absolute atomic E-state index is 0.156. The molecule has 0 heterocycles. The first-order valence-electron chi connectivity index (χ1n) is 5.11. The molecule has 0 saturated carbocycles. The summed E-state index contributed by atoms with van der Waals surface area (Å²) < 4.78 is 14.2. The van der Waals surface area contributed by atoms with Crippen LogP contribution in [0.15, 0.2) is 0 Å². The molecule has 0 rings (SSSR count). The van der Waals surface area contributed by atoms with E-state index < -0.39 is 12.1 Å². The van der Waals surface area contributed by atoms with Crippen LogP contribution in [0.25, 0.3) is 0 Å². The van der Waals surface area contributed by atoms with Crippen LogP contribution in [0.5, 0.6) is 0 Å². The second-order valence-electron chi connectivity index (χ2n) is 3.56. The smallest absolute Gasteiger partial charge is 0.407 e. The number of alkyl carbamates (subject to hydrolysis) is 1. The van der Waals surface area contributed by atoms with Gasteiger partial charge in [0.1, 0.15) is 13.2 Å². The summed E-state index contributed by atoms with van der Waals surface area (Å²) in [5.74, 6) is -0.199. The summed E-state index contributed by atoms with van der Waals surface area (Å²) in [4.78, 5) is 22.0. The van der Waals surface area contributed by atoms with E-state index in [0.717, 1.165) is 0 Å². The van der Waals surface area contributed by atoms with Gasteiger partial charge in [0, 0.05) is 7.11 Å². The molecule has 94 valence electrons. The van der Waals surface area contributed by atoms with Gasteiger partial charge < -0.3 is 19.5 Å².